The zero-order valence-electron chi connectivity index (χ0n) is 15.0. The standard InChI is InChI=1S/C16H18F3N5O3S/c1-10-8-14(16(17,18)19)22-23(10)7-3-6-20-15(28)21-12-5-4-11(24(25)26)9-13(12)27-2/h4-5,8-9H,3,6-7H2,1-2H3,(H2,20,21,28). The summed E-state index contributed by atoms with van der Waals surface area (Å²) in [6, 6.07) is 5.05. The summed E-state index contributed by atoms with van der Waals surface area (Å²) in [5, 5.41) is 20.4. The smallest absolute Gasteiger partial charge is 0.435 e. The van der Waals surface area contributed by atoms with E-state index < -0.39 is 16.8 Å². The number of hydrogen-bond donors (Lipinski definition) is 2. The van der Waals surface area contributed by atoms with Crippen molar-refractivity contribution in [2.45, 2.75) is 26.1 Å². The Morgan fingerprint density at radius 2 is 2.11 bits per heavy atom. The van der Waals surface area contributed by atoms with Crippen molar-refractivity contribution < 1.29 is 22.8 Å². The van der Waals surface area contributed by atoms with Gasteiger partial charge in [0.15, 0.2) is 10.8 Å². The Bertz CT molecular complexity index is 870. The predicted octanol–water partition coefficient (Wildman–Crippen LogP) is 3.50. The van der Waals surface area contributed by atoms with Gasteiger partial charge in [-0.15, -0.1) is 0 Å². The molecule has 8 nitrogen and oxygen atoms in total. The third kappa shape index (κ3) is 5.55. The number of ether oxygens (including phenoxy) is 1. The van der Waals surface area contributed by atoms with Crippen LogP contribution in [0, 0.1) is 17.0 Å². The van der Waals surface area contributed by atoms with Crippen LogP contribution < -0.4 is 15.4 Å². The number of nitrogens with zero attached hydrogens (tertiary/aromatic N) is 3. The summed E-state index contributed by atoms with van der Waals surface area (Å²) in [5.41, 5.74) is -0.165. The van der Waals surface area contributed by atoms with Crippen molar-refractivity contribution in [3.8, 4) is 5.75 Å². The lowest BCUT2D eigenvalue weighted by Gasteiger charge is -2.13. The highest BCUT2D eigenvalue weighted by atomic mass is 32.1. The van der Waals surface area contributed by atoms with E-state index in [0.717, 1.165) is 6.07 Å². The molecule has 0 aliphatic carbocycles. The lowest BCUT2D eigenvalue weighted by Crippen LogP contribution is -2.30. The Morgan fingerprint density at radius 1 is 1.39 bits per heavy atom. The van der Waals surface area contributed by atoms with Gasteiger partial charge in [0.05, 0.1) is 23.8 Å². The highest BCUT2D eigenvalue weighted by molar-refractivity contribution is 7.80. The van der Waals surface area contributed by atoms with Gasteiger partial charge in [0.25, 0.3) is 5.69 Å². The molecule has 1 aromatic heterocycles. The molecule has 0 atom stereocenters. The van der Waals surface area contributed by atoms with Gasteiger partial charge in [-0.1, -0.05) is 0 Å². The first-order valence-electron chi connectivity index (χ1n) is 8.10. The lowest BCUT2D eigenvalue weighted by atomic mass is 10.2. The van der Waals surface area contributed by atoms with E-state index in [1.54, 1.807) is 6.92 Å². The molecule has 2 aromatic rings. The normalized spacial score (nSPS) is 11.2. The van der Waals surface area contributed by atoms with Crippen molar-refractivity contribution in [1.82, 2.24) is 15.1 Å². The number of aromatic nitrogens is 2. The number of non-ortho nitro benzene ring substituents is 1. The molecule has 0 radical (unpaired) electrons. The number of aryl methyl sites for hydroxylation is 2. The van der Waals surface area contributed by atoms with Gasteiger partial charge >= 0.3 is 6.18 Å². The van der Waals surface area contributed by atoms with Gasteiger partial charge in [-0.25, -0.2) is 0 Å². The molecule has 2 rings (SSSR count). The quantitative estimate of drug-likeness (QED) is 0.308. The molecular formula is C16H18F3N5O3S. The number of nitrogens with one attached hydrogen (secondary N) is 2. The molecule has 28 heavy (non-hydrogen) atoms. The van der Waals surface area contributed by atoms with Crippen molar-refractivity contribution >= 4 is 28.7 Å². The maximum absolute atomic E-state index is 12.7. The maximum atomic E-state index is 12.7. The van der Waals surface area contributed by atoms with Gasteiger partial charge in [0, 0.05) is 24.8 Å². The molecule has 1 heterocycles. The number of benzene rings is 1. The number of anilines is 1. The van der Waals surface area contributed by atoms with E-state index in [1.165, 1.54) is 30.0 Å². The summed E-state index contributed by atoms with van der Waals surface area (Å²) >= 11 is 5.15. The van der Waals surface area contributed by atoms with E-state index in [-0.39, 0.29) is 16.5 Å². The van der Waals surface area contributed by atoms with Crippen LogP contribution in [-0.4, -0.2) is 33.5 Å². The van der Waals surface area contributed by atoms with E-state index in [2.05, 4.69) is 15.7 Å². The Balaban J connectivity index is 1.85. The minimum atomic E-state index is -4.47. The maximum Gasteiger partial charge on any atom is 0.435 e. The summed E-state index contributed by atoms with van der Waals surface area (Å²) in [4.78, 5) is 10.3. The second kappa shape index (κ2) is 8.87. The third-order valence-electron chi connectivity index (χ3n) is 3.75. The highest BCUT2D eigenvalue weighted by Crippen LogP contribution is 2.29. The summed E-state index contributed by atoms with van der Waals surface area (Å²) in [7, 11) is 1.38. The van der Waals surface area contributed by atoms with Crippen LogP contribution in [0.4, 0.5) is 24.5 Å². The Morgan fingerprint density at radius 3 is 2.68 bits per heavy atom. The molecule has 12 heteroatoms. The summed E-state index contributed by atoms with van der Waals surface area (Å²) in [5.74, 6) is 0.255. The Labute approximate surface area is 163 Å². The fourth-order valence-electron chi connectivity index (χ4n) is 2.37. The van der Waals surface area contributed by atoms with E-state index in [0.29, 0.717) is 30.9 Å². The first-order chi connectivity index (χ1) is 13.1. The molecule has 1 aromatic carbocycles. The SMILES string of the molecule is COc1cc([N+](=O)[O-])ccc1NC(=S)NCCCn1nc(C(F)(F)F)cc1C. The number of hydrogen-bond acceptors (Lipinski definition) is 5. The number of nitro benzene ring substituents is 1. The number of methoxy groups -OCH3 is 1. The molecule has 0 aliphatic heterocycles. The van der Waals surface area contributed by atoms with Crippen molar-refractivity contribution in [1.29, 1.82) is 0 Å². The van der Waals surface area contributed by atoms with Crippen LogP contribution in [0.15, 0.2) is 24.3 Å². The molecular weight excluding hydrogens is 399 g/mol. The molecule has 0 saturated heterocycles. The van der Waals surface area contributed by atoms with Gasteiger partial charge in [-0.3, -0.25) is 14.8 Å². The lowest BCUT2D eigenvalue weighted by molar-refractivity contribution is -0.384. The largest absolute Gasteiger partial charge is 0.494 e. The van der Waals surface area contributed by atoms with Crippen LogP contribution in [0.1, 0.15) is 17.8 Å². The third-order valence-corrected chi connectivity index (χ3v) is 3.99. The summed E-state index contributed by atoms with van der Waals surface area (Å²) in [6.07, 6.45) is -3.98. The first kappa shape index (κ1) is 21.4. The topological polar surface area (TPSA) is 94.3 Å². The molecule has 152 valence electrons. The minimum absolute atomic E-state index is 0.117. The molecule has 0 aliphatic rings. The van der Waals surface area contributed by atoms with Crippen LogP contribution in [0.5, 0.6) is 5.75 Å². The van der Waals surface area contributed by atoms with Crippen molar-refractivity contribution in [3.63, 3.8) is 0 Å². The molecule has 0 amide bonds. The van der Waals surface area contributed by atoms with Crippen LogP contribution in [0.2, 0.25) is 0 Å². The average Bonchev–Trinajstić information content (AvgIpc) is 3.00. The summed E-state index contributed by atoms with van der Waals surface area (Å²) in [6.45, 7) is 2.24. The van der Waals surface area contributed by atoms with Gasteiger partial charge in [-0.05, 0) is 37.7 Å². The highest BCUT2D eigenvalue weighted by Gasteiger charge is 2.34. The zero-order valence-corrected chi connectivity index (χ0v) is 15.9. The number of nitro groups is 1. The Hall–Kier alpha value is -2.89. The van der Waals surface area contributed by atoms with E-state index in [4.69, 9.17) is 17.0 Å². The fourth-order valence-corrected chi connectivity index (χ4v) is 2.58. The molecule has 0 unspecified atom stereocenters. The van der Waals surface area contributed by atoms with E-state index >= 15 is 0 Å². The van der Waals surface area contributed by atoms with Gasteiger partial charge in [-0.2, -0.15) is 18.3 Å². The molecule has 2 N–H and O–H groups in total. The van der Waals surface area contributed by atoms with E-state index in [1.807, 2.05) is 0 Å². The van der Waals surface area contributed by atoms with Crippen LogP contribution in [0.25, 0.3) is 0 Å². The minimum Gasteiger partial charge on any atom is -0.494 e. The second-order valence-corrected chi connectivity index (χ2v) is 6.18. The second-order valence-electron chi connectivity index (χ2n) is 5.77. The van der Waals surface area contributed by atoms with Crippen molar-refractivity contribution in [2.75, 3.05) is 19.0 Å². The van der Waals surface area contributed by atoms with E-state index in [9.17, 15) is 23.3 Å². The van der Waals surface area contributed by atoms with Crippen LogP contribution in [0.3, 0.4) is 0 Å². The molecule has 0 spiro atoms. The molecule has 0 bridgehead atoms. The van der Waals surface area contributed by atoms with Gasteiger partial charge in [0.2, 0.25) is 0 Å². The number of halogens is 3. The number of rotatable bonds is 7. The van der Waals surface area contributed by atoms with Crippen LogP contribution >= 0.6 is 12.2 Å². The monoisotopic (exact) mass is 417 g/mol. The predicted molar refractivity (Wildman–Crippen MR) is 100 cm³/mol. The Kier molecular flexibility index (Phi) is 6.78. The molecule has 0 fully saturated rings. The average molecular weight is 417 g/mol. The van der Waals surface area contributed by atoms with Gasteiger partial charge < -0.3 is 15.4 Å². The number of thiocarbonyl (C=S) groups is 1. The number of alkyl halides is 3. The zero-order chi connectivity index (χ0) is 20.9. The van der Waals surface area contributed by atoms with Crippen molar-refractivity contribution in [2.24, 2.45) is 0 Å². The first-order valence-corrected chi connectivity index (χ1v) is 8.51. The van der Waals surface area contributed by atoms with Gasteiger partial charge in [0.1, 0.15) is 5.75 Å². The van der Waals surface area contributed by atoms with Crippen LogP contribution in [-0.2, 0) is 12.7 Å². The summed E-state index contributed by atoms with van der Waals surface area (Å²) < 4.78 is 44.4. The van der Waals surface area contributed by atoms with Crippen molar-refractivity contribution in [3.05, 3.63) is 45.8 Å². The molecule has 0 saturated carbocycles. The fraction of sp³-hybridized carbons (Fsp3) is 0.375.